The summed E-state index contributed by atoms with van der Waals surface area (Å²) in [5.41, 5.74) is 2.85. The molecule has 0 unspecified atom stereocenters. The number of hydrogen-bond donors (Lipinski definition) is 1. The molecule has 5 heteroatoms. The number of para-hydroxylation sites is 1. The molecular weight excluding hydrogens is 264 g/mol. The molecule has 1 aromatic carbocycles. The van der Waals surface area contributed by atoms with E-state index in [0.29, 0.717) is 0 Å². The smallest absolute Gasteiger partial charge is 0.170 e. The Labute approximate surface area is 123 Å². The third-order valence-corrected chi connectivity index (χ3v) is 3.18. The van der Waals surface area contributed by atoms with Gasteiger partial charge in [-0.1, -0.05) is 30.3 Å². The summed E-state index contributed by atoms with van der Waals surface area (Å²) < 4.78 is 7.21. The van der Waals surface area contributed by atoms with Crippen LogP contribution in [0.15, 0.2) is 53.3 Å². The highest BCUT2D eigenvalue weighted by molar-refractivity contribution is 5.55. The topological polar surface area (TPSA) is 55.9 Å². The van der Waals surface area contributed by atoms with Crippen LogP contribution in [-0.4, -0.2) is 21.5 Å². The van der Waals surface area contributed by atoms with Crippen molar-refractivity contribution in [2.75, 3.05) is 6.54 Å². The fraction of sp³-hybridized carbons (Fsp3) is 0.250. The minimum Gasteiger partial charge on any atom is -0.356 e. The standard InChI is InChI=1S/C16H18N4O/c1-2-8-17-11-14-9-16(21-19-14)13-10-18-20(12-13)15-6-4-3-5-7-15/h3-7,9-10,12,17H,2,8,11H2,1H3. The van der Waals surface area contributed by atoms with Crippen LogP contribution in [0.1, 0.15) is 19.0 Å². The third-order valence-electron chi connectivity index (χ3n) is 3.18. The number of rotatable bonds is 6. The van der Waals surface area contributed by atoms with Crippen LogP contribution < -0.4 is 5.32 Å². The van der Waals surface area contributed by atoms with Gasteiger partial charge in [-0.25, -0.2) is 4.68 Å². The SMILES string of the molecule is CCCNCc1cc(-c2cnn(-c3ccccc3)c2)on1. The lowest BCUT2D eigenvalue weighted by atomic mass is 10.2. The zero-order chi connectivity index (χ0) is 14.5. The van der Waals surface area contributed by atoms with Crippen molar-refractivity contribution in [3.05, 3.63) is 54.5 Å². The van der Waals surface area contributed by atoms with Gasteiger partial charge < -0.3 is 9.84 Å². The molecule has 0 saturated heterocycles. The molecule has 0 atom stereocenters. The quantitative estimate of drug-likeness (QED) is 0.706. The summed E-state index contributed by atoms with van der Waals surface area (Å²) in [5, 5.41) is 11.7. The summed E-state index contributed by atoms with van der Waals surface area (Å²) in [5.74, 6) is 0.741. The molecule has 0 aliphatic carbocycles. The van der Waals surface area contributed by atoms with Crippen molar-refractivity contribution in [1.29, 1.82) is 0 Å². The Morgan fingerprint density at radius 2 is 2.10 bits per heavy atom. The average Bonchev–Trinajstić information content (AvgIpc) is 3.17. The minimum absolute atomic E-state index is 0.726. The number of nitrogens with one attached hydrogen (secondary N) is 1. The van der Waals surface area contributed by atoms with Crippen LogP contribution in [0.4, 0.5) is 0 Å². The number of nitrogens with zero attached hydrogens (tertiary/aromatic N) is 3. The van der Waals surface area contributed by atoms with Gasteiger partial charge in [-0.2, -0.15) is 5.10 Å². The van der Waals surface area contributed by atoms with Crippen molar-refractivity contribution < 1.29 is 4.52 Å². The molecule has 0 bridgehead atoms. The molecule has 21 heavy (non-hydrogen) atoms. The van der Waals surface area contributed by atoms with Crippen LogP contribution in [0.2, 0.25) is 0 Å². The predicted octanol–water partition coefficient (Wildman–Crippen LogP) is 3.03. The van der Waals surface area contributed by atoms with E-state index in [2.05, 4.69) is 22.5 Å². The Balaban J connectivity index is 1.74. The van der Waals surface area contributed by atoms with E-state index in [4.69, 9.17) is 4.52 Å². The van der Waals surface area contributed by atoms with E-state index in [1.54, 1.807) is 6.20 Å². The highest BCUT2D eigenvalue weighted by atomic mass is 16.5. The molecule has 5 nitrogen and oxygen atoms in total. The van der Waals surface area contributed by atoms with E-state index in [1.807, 2.05) is 47.3 Å². The van der Waals surface area contributed by atoms with Crippen molar-refractivity contribution in [1.82, 2.24) is 20.3 Å². The van der Waals surface area contributed by atoms with Crippen molar-refractivity contribution >= 4 is 0 Å². The summed E-state index contributed by atoms with van der Waals surface area (Å²) in [4.78, 5) is 0. The molecule has 0 fully saturated rings. The molecule has 1 N–H and O–H groups in total. The number of hydrogen-bond acceptors (Lipinski definition) is 4. The van der Waals surface area contributed by atoms with Crippen LogP contribution in [-0.2, 0) is 6.54 Å². The Bertz CT molecular complexity index is 687. The van der Waals surface area contributed by atoms with Crippen molar-refractivity contribution in [3.63, 3.8) is 0 Å². The van der Waals surface area contributed by atoms with Gasteiger partial charge in [0.1, 0.15) is 0 Å². The molecule has 2 heterocycles. The lowest BCUT2D eigenvalue weighted by Crippen LogP contribution is -2.13. The summed E-state index contributed by atoms with van der Waals surface area (Å²) >= 11 is 0. The first-order chi connectivity index (χ1) is 10.4. The minimum atomic E-state index is 0.726. The van der Waals surface area contributed by atoms with Gasteiger partial charge in [0.15, 0.2) is 5.76 Å². The van der Waals surface area contributed by atoms with E-state index < -0.39 is 0 Å². The molecular formula is C16H18N4O. The summed E-state index contributed by atoms with van der Waals surface area (Å²) in [6.07, 6.45) is 4.84. The number of benzene rings is 1. The normalized spacial score (nSPS) is 10.9. The van der Waals surface area contributed by atoms with Crippen LogP contribution in [0.5, 0.6) is 0 Å². The predicted molar refractivity (Wildman–Crippen MR) is 81.1 cm³/mol. The van der Waals surface area contributed by atoms with Crippen molar-refractivity contribution in [2.24, 2.45) is 0 Å². The summed E-state index contributed by atoms with van der Waals surface area (Å²) in [7, 11) is 0. The largest absolute Gasteiger partial charge is 0.356 e. The Morgan fingerprint density at radius 1 is 1.24 bits per heavy atom. The molecule has 0 saturated carbocycles. The molecule has 0 aliphatic heterocycles. The van der Waals surface area contributed by atoms with Gasteiger partial charge in [0, 0.05) is 18.8 Å². The van der Waals surface area contributed by atoms with E-state index >= 15 is 0 Å². The second-order valence-electron chi connectivity index (χ2n) is 4.87. The van der Waals surface area contributed by atoms with Gasteiger partial charge >= 0.3 is 0 Å². The summed E-state index contributed by atoms with van der Waals surface area (Å²) in [6, 6.07) is 11.9. The molecule has 0 aliphatic rings. The highest BCUT2D eigenvalue weighted by Gasteiger charge is 2.09. The molecule has 3 aromatic rings. The first kappa shape index (κ1) is 13.6. The average molecular weight is 282 g/mol. The Morgan fingerprint density at radius 3 is 2.90 bits per heavy atom. The number of aromatic nitrogens is 3. The summed E-state index contributed by atoms with van der Waals surface area (Å²) in [6.45, 7) is 3.84. The molecule has 0 spiro atoms. The zero-order valence-electron chi connectivity index (χ0n) is 12.0. The van der Waals surface area contributed by atoms with Gasteiger partial charge in [0.2, 0.25) is 0 Å². The van der Waals surface area contributed by atoms with Crippen molar-refractivity contribution in [3.8, 4) is 17.0 Å². The Kier molecular flexibility index (Phi) is 4.12. The lowest BCUT2D eigenvalue weighted by molar-refractivity contribution is 0.420. The van der Waals surface area contributed by atoms with Crippen LogP contribution >= 0.6 is 0 Å². The molecule has 3 rings (SSSR count). The van der Waals surface area contributed by atoms with E-state index in [1.165, 1.54) is 0 Å². The van der Waals surface area contributed by atoms with Gasteiger partial charge in [0.25, 0.3) is 0 Å². The molecule has 0 amide bonds. The molecule has 108 valence electrons. The monoisotopic (exact) mass is 282 g/mol. The van der Waals surface area contributed by atoms with Crippen LogP contribution in [0, 0.1) is 0 Å². The molecule has 0 radical (unpaired) electrons. The Hall–Kier alpha value is -2.40. The third kappa shape index (κ3) is 3.20. The maximum Gasteiger partial charge on any atom is 0.170 e. The first-order valence-electron chi connectivity index (χ1n) is 7.13. The van der Waals surface area contributed by atoms with Crippen LogP contribution in [0.3, 0.4) is 0 Å². The van der Waals surface area contributed by atoms with Crippen LogP contribution in [0.25, 0.3) is 17.0 Å². The van der Waals surface area contributed by atoms with Gasteiger partial charge in [-0.15, -0.1) is 0 Å². The lowest BCUT2D eigenvalue weighted by Gasteiger charge is -1.98. The molecule has 2 aromatic heterocycles. The fourth-order valence-corrected chi connectivity index (χ4v) is 2.10. The maximum absolute atomic E-state index is 5.39. The fourth-order valence-electron chi connectivity index (χ4n) is 2.10. The van der Waals surface area contributed by atoms with Gasteiger partial charge in [0.05, 0.1) is 23.1 Å². The zero-order valence-corrected chi connectivity index (χ0v) is 12.0. The first-order valence-corrected chi connectivity index (χ1v) is 7.13. The second kappa shape index (κ2) is 6.37. The van der Waals surface area contributed by atoms with Gasteiger partial charge in [-0.05, 0) is 25.1 Å². The second-order valence-corrected chi connectivity index (χ2v) is 4.87. The highest BCUT2D eigenvalue weighted by Crippen LogP contribution is 2.21. The van der Waals surface area contributed by atoms with E-state index in [9.17, 15) is 0 Å². The van der Waals surface area contributed by atoms with Gasteiger partial charge in [-0.3, -0.25) is 0 Å². The maximum atomic E-state index is 5.39. The van der Waals surface area contributed by atoms with E-state index in [-0.39, 0.29) is 0 Å². The van der Waals surface area contributed by atoms with E-state index in [0.717, 1.165) is 42.2 Å². The van der Waals surface area contributed by atoms with Crippen molar-refractivity contribution in [2.45, 2.75) is 19.9 Å².